The van der Waals surface area contributed by atoms with E-state index in [1.807, 2.05) is 4.90 Å². The Labute approximate surface area is 161 Å². The zero-order valence-electron chi connectivity index (χ0n) is 16.1. The third-order valence-corrected chi connectivity index (χ3v) is 6.81. The number of hydrogen-bond donors (Lipinski definition) is 0. The molecule has 1 amide bonds. The van der Waals surface area contributed by atoms with Gasteiger partial charge >= 0.3 is 0 Å². The summed E-state index contributed by atoms with van der Waals surface area (Å²) in [6.07, 6.45) is 3.38. The van der Waals surface area contributed by atoms with Crippen molar-refractivity contribution in [1.29, 1.82) is 0 Å². The minimum absolute atomic E-state index is 0.0403. The third-order valence-electron chi connectivity index (χ3n) is 5.20. The fraction of sp³-hybridized carbons (Fsp3) is 0.684. The molecule has 7 nitrogen and oxygen atoms in total. The normalized spacial score (nSPS) is 21.4. The Morgan fingerprint density at radius 2 is 1.89 bits per heavy atom. The van der Waals surface area contributed by atoms with E-state index in [0.29, 0.717) is 56.2 Å². The van der Waals surface area contributed by atoms with E-state index < -0.39 is 9.84 Å². The molecule has 2 aliphatic heterocycles. The van der Waals surface area contributed by atoms with E-state index in [1.165, 1.54) is 0 Å². The molecule has 2 fully saturated rings. The number of nitrogens with zero attached hydrogens (tertiary/aromatic N) is 3. The minimum atomic E-state index is -2.86. The summed E-state index contributed by atoms with van der Waals surface area (Å²) in [4.78, 5) is 21.3. The molecule has 3 heterocycles. The molecule has 3 rings (SSSR count). The molecule has 27 heavy (non-hydrogen) atoms. The number of carbonyl (C=O) groups excluding carboxylic acids is 1. The zero-order chi connectivity index (χ0) is 19.4. The Kier molecular flexibility index (Phi) is 6.37. The van der Waals surface area contributed by atoms with E-state index >= 15 is 0 Å². The van der Waals surface area contributed by atoms with E-state index in [2.05, 4.69) is 23.7 Å². The predicted molar refractivity (Wildman–Crippen MR) is 104 cm³/mol. The molecule has 0 radical (unpaired) electrons. The Bertz CT molecular complexity index is 744. The first kappa shape index (κ1) is 20.1. The lowest BCUT2D eigenvalue weighted by molar-refractivity contribution is 0.0624. The molecule has 8 heteroatoms. The number of ether oxygens (including phenoxy) is 1. The number of amides is 1. The van der Waals surface area contributed by atoms with Crippen molar-refractivity contribution in [3.8, 4) is 5.88 Å². The highest BCUT2D eigenvalue weighted by Gasteiger charge is 2.31. The van der Waals surface area contributed by atoms with E-state index in [4.69, 9.17) is 4.74 Å². The van der Waals surface area contributed by atoms with Gasteiger partial charge < -0.3 is 9.64 Å². The summed E-state index contributed by atoms with van der Waals surface area (Å²) in [6, 6.07) is 3.89. The van der Waals surface area contributed by atoms with Gasteiger partial charge in [-0.2, -0.15) is 0 Å². The number of sulfone groups is 1. The van der Waals surface area contributed by atoms with Crippen LogP contribution in [0.2, 0.25) is 0 Å². The molecule has 0 bridgehead atoms. The summed E-state index contributed by atoms with van der Waals surface area (Å²) in [5.74, 6) is 1.22. The molecule has 0 unspecified atom stereocenters. The fourth-order valence-corrected chi connectivity index (χ4v) is 4.84. The summed E-state index contributed by atoms with van der Waals surface area (Å²) < 4.78 is 28.9. The van der Waals surface area contributed by atoms with Crippen molar-refractivity contribution in [2.75, 3.05) is 44.3 Å². The molecule has 0 N–H and O–H groups in total. The number of piperidine rings is 1. The van der Waals surface area contributed by atoms with Crippen molar-refractivity contribution in [3.05, 3.63) is 23.9 Å². The molecule has 0 atom stereocenters. The number of rotatable bonds is 5. The molecule has 2 aliphatic rings. The lowest BCUT2D eigenvalue weighted by atomic mass is 10.0. The van der Waals surface area contributed by atoms with Crippen LogP contribution in [0.1, 0.15) is 37.0 Å². The quantitative estimate of drug-likeness (QED) is 0.751. The first-order valence-electron chi connectivity index (χ1n) is 9.67. The average molecular weight is 396 g/mol. The van der Waals surface area contributed by atoms with Crippen LogP contribution in [0.3, 0.4) is 0 Å². The van der Waals surface area contributed by atoms with Gasteiger partial charge in [0.25, 0.3) is 5.91 Å². The molecular formula is C19H29N3O4S. The largest absolute Gasteiger partial charge is 0.477 e. The lowest BCUT2D eigenvalue weighted by Crippen LogP contribution is -2.51. The number of likely N-dealkylation sites (tertiary alicyclic amines) is 1. The summed E-state index contributed by atoms with van der Waals surface area (Å²) in [6.45, 7) is 7.20. The first-order chi connectivity index (χ1) is 12.9. The number of pyridine rings is 1. The van der Waals surface area contributed by atoms with Crippen molar-refractivity contribution in [3.63, 3.8) is 0 Å². The van der Waals surface area contributed by atoms with Gasteiger partial charge in [0.05, 0.1) is 18.1 Å². The summed E-state index contributed by atoms with van der Waals surface area (Å²) in [7, 11) is -2.86. The van der Waals surface area contributed by atoms with Gasteiger partial charge in [0.2, 0.25) is 5.88 Å². The van der Waals surface area contributed by atoms with Gasteiger partial charge in [-0.15, -0.1) is 0 Å². The van der Waals surface area contributed by atoms with Gasteiger partial charge in [0.1, 0.15) is 5.56 Å². The lowest BCUT2D eigenvalue weighted by Gasteiger charge is -2.40. The molecule has 1 aromatic rings. The van der Waals surface area contributed by atoms with Crippen LogP contribution in [-0.4, -0.2) is 79.4 Å². The highest BCUT2D eigenvalue weighted by atomic mass is 32.2. The van der Waals surface area contributed by atoms with Crippen LogP contribution < -0.4 is 4.74 Å². The van der Waals surface area contributed by atoms with E-state index in [0.717, 1.165) is 12.8 Å². The predicted octanol–water partition coefficient (Wildman–Crippen LogP) is 1.45. The van der Waals surface area contributed by atoms with Crippen LogP contribution in [-0.2, 0) is 9.84 Å². The van der Waals surface area contributed by atoms with Gasteiger partial charge in [0.15, 0.2) is 9.84 Å². The topological polar surface area (TPSA) is 79.8 Å². The summed E-state index contributed by atoms with van der Waals surface area (Å²) in [5.41, 5.74) is 0.515. The van der Waals surface area contributed by atoms with Crippen molar-refractivity contribution >= 4 is 15.7 Å². The molecule has 0 saturated carbocycles. The van der Waals surface area contributed by atoms with Crippen LogP contribution in [0, 0.1) is 5.92 Å². The van der Waals surface area contributed by atoms with Crippen LogP contribution >= 0.6 is 0 Å². The Morgan fingerprint density at radius 1 is 1.22 bits per heavy atom. The number of hydrogen-bond acceptors (Lipinski definition) is 6. The van der Waals surface area contributed by atoms with Gasteiger partial charge in [0, 0.05) is 38.4 Å². The molecule has 0 spiro atoms. The second-order valence-electron chi connectivity index (χ2n) is 7.77. The fourth-order valence-electron chi connectivity index (χ4n) is 3.61. The van der Waals surface area contributed by atoms with Crippen LogP contribution in [0.15, 0.2) is 18.3 Å². The maximum atomic E-state index is 12.9. The first-order valence-corrected chi connectivity index (χ1v) is 11.5. The van der Waals surface area contributed by atoms with Crippen molar-refractivity contribution < 1.29 is 17.9 Å². The highest BCUT2D eigenvalue weighted by Crippen LogP contribution is 2.23. The molecule has 2 saturated heterocycles. The van der Waals surface area contributed by atoms with Gasteiger partial charge in [-0.3, -0.25) is 9.69 Å². The second kappa shape index (κ2) is 8.56. The van der Waals surface area contributed by atoms with Crippen LogP contribution in [0.5, 0.6) is 5.88 Å². The van der Waals surface area contributed by atoms with Crippen LogP contribution in [0.4, 0.5) is 0 Å². The Morgan fingerprint density at radius 3 is 2.52 bits per heavy atom. The monoisotopic (exact) mass is 395 g/mol. The maximum absolute atomic E-state index is 12.9. The van der Waals surface area contributed by atoms with Crippen molar-refractivity contribution in [2.45, 2.75) is 32.7 Å². The van der Waals surface area contributed by atoms with Gasteiger partial charge in [-0.1, -0.05) is 13.8 Å². The van der Waals surface area contributed by atoms with E-state index in [9.17, 15) is 13.2 Å². The van der Waals surface area contributed by atoms with Crippen molar-refractivity contribution in [2.24, 2.45) is 5.92 Å². The highest BCUT2D eigenvalue weighted by molar-refractivity contribution is 7.91. The van der Waals surface area contributed by atoms with E-state index in [-0.39, 0.29) is 17.4 Å². The molecule has 150 valence electrons. The SMILES string of the molecule is CC(C)COc1ncccc1C(=O)N1CCC(N2CCS(=O)(=O)CC2)CC1. The molecule has 0 aromatic carbocycles. The van der Waals surface area contributed by atoms with Crippen LogP contribution in [0.25, 0.3) is 0 Å². The number of aromatic nitrogens is 1. The molecule has 1 aromatic heterocycles. The third kappa shape index (κ3) is 5.19. The smallest absolute Gasteiger partial charge is 0.259 e. The zero-order valence-corrected chi connectivity index (χ0v) is 17.0. The Hall–Kier alpha value is -1.67. The maximum Gasteiger partial charge on any atom is 0.259 e. The number of carbonyl (C=O) groups is 1. The molecular weight excluding hydrogens is 366 g/mol. The van der Waals surface area contributed by atoms with Gasteiger partial charge in [-0.25, -0.2) is 13.4 Å². The Balaban J connectivity index is 1.57. The second-order valence-corrected chi connectivity index (χ2v) is 10.1. The summed E-state index contributed by atoms with van der Waals surface area (Å²) >= 11 is 0. The van der Waals surface area contributed by atoms with E-state index in [1.54, 1.807) is 18.3 Å². The standard InChI is InChI=1S/C19H29N3O4S/c1-15(2)14-26-18-17(4-3-7-20-18)19(23)22-8-5-16(6-9-22)21-10-12-27(24,25)13-11-21/h3-4,7,15-16H,5-6,8-14H2,1-2H3. The van der Waals surface area contributed by atoms with Gasteiger partial charge in [-0.05, 0) is 30.9 Å². The summed E-state index contributed by atoms with van der Waals surface area (Å²) in [5, 5.41) is 0. The van der Waals surface area contributed by atoms with Crippen molar-refractivity contribution in [1.82, 2.24) is 14.8 Å². The average Bonchev–Trinajstić information content (AvgIpc) is 2.66. The molecule has 0 aliphatic carbocycles. The minimum Gasteiger partial charge on any atom is -0.477 e.